The second kappa shape index (κ2) is 5.16. The van der Waals surface area contributed by atoms with Crippen molar-refractivity contribution in [1.82, 2.24) is 0 Å². The molecule has 0 bridgehead atoms. The molecular formula is C16H13FO3S. The van der Waals surface area contributed by atoms with Gasteiger partial charge in [-0.1, -0.05) is 6.07 Å². The molecule has 2 aromatic rings. The number of hydrogen-bond donors (Lipinski definition) is 1. The molecule has 3 nitrogen and oxygen atoms in total. The number of carboxylic acids is 1. The Kier molecular flexibility index (Phi) is 3.47. The highest BCUT2D eigenvalue weighted by Crippen LogP contribution is 2.36. The maximum Gasteiger partial charge on any atom is 0.310 e. The van der Waals surface area contributed by atoms with Crippen molar-refractivity contribution >= 4 is 17.1 Å². The van der Waals surface area contributed by atoms with E-state index in [9.17, 15) is 13.7 Å². The zero-order chi connectivity index (χ0) is 15.1. The molecule has 2 atom stereocenters. The van der Waals surface area contributed by atoms with Crippen molar-refractivity contribution < 1.29 is 18.8 Å². The van der Waals surface area contributed by atoms with Gasteiger partial charge in [-0.25, -0.2) is 4.39 Å². The molecule has 0 spiro atoms. The lowest BCUT2D eigenvalue weighted by atomic mass is 9.96. The maximum absolute atomic E-state index is 13.3. The summed E-state index contributed by atoms with van der Waals surface area (Å²) in [6.45, 7) is 1.61. The molecule has 0 radical (unpaired) electrons. The first-order valence-corrected chi connectivity index (χ1v) is 7.68. The van der Waals surface area contributed by atoms with E-state index >= 15 is 0 Å². The fraction of sp³-hybridized carbons (Fsp3) is 0.188. The van der Waals surface area contributed by atoms with E-state index in [0.717, 1.165) is 5.56 Å². The van der Waals surface area contributed by atoms with Crippen LogP contribution in [0.4, 0.5) is 4.39 Å². The predicted molar refractivity (Wildman–Crippen MR) is 76.4 cm³/mol. The average molecular weight is 304 g/mol. The molecule has 1 N–H and O–H groups in total. The summed E-state index contributed by atoms with van der Waals surface area (Å²) in [5, 5.41) is 9.08. The molecule has 0 aromatic heterocycles. The van der Waals surface area contributed by atoms with Crippen LogP contribution in [0.1, 0.15) is 29.5 Å². The zero-order valence-corrected chi connectivity index (χ0v) is 12.1. The maximum atomic E-state index is 13.3. The second-order valence-corrected chi connectivity index (χ2v) is 6.54. The van der Waals surface area contributed by atoms with Gasteiger partial charge in [0.1, 0.15) is 5.82 Å². The first-order valence-electron chi connectivity index (χ1n) is 6.53. The SMILES string of the molecule is CC(C(=O)O)c1ccc2c(c1)Cc1cc(F)ccc1[S+]2[O-]. The van der Waals surface area contributed by atoms with Crippen LogP contribution >= 0.6 is 0 Å². The lowest BCUT2D eigenvalue weighted by Crippen LogP contribution is -2.16. The van der Waals surface area contributed by atoms with Crippen LogP contribution in [0.15, 0.2) is 46.2 Å². The summed E-state index contributed by atoms with van der Waals surface area (Å²) in [6, 6.07) is 9.43. The van der Waals surface area contributed by atoms with Crippen molar-refractivity contribution in [3.63, 3.8) is 0 Å². The van der Waals surface area contributed by atoms with Gasteiger partial charge in [-0.2, -0.15) is 0 Å². The van der Waals surface area contributed by atoms with Crippen LogP contribution in [-0.2, 0) is 22.4 Å². The molecule has 0 saturated carbocycles. The van der Waals surface area contributed by atoms with Crippen LogP contribution in [-0.4, -0.2) is 15.6 Å². The van der Waals surface area contributed by atoms with E-state index in [-0.39, 0.29) is 5.82 Å². The smallest absolute Gasteiger partial charge is 0.310 e. The molecule has 0 amide bonds. The molecule has 1 heterocycles. The van der Waals surface area contributed by atoms with Gasteiger partial charge in [-0.05, 0) is 42.8 Å². The van der Waals surface area contributed by atoms with Gasteiger partial charge < -0.3 is 9.66 Å². The minimum atomic E-state index is -1.34. The highest BCUT2D eigenvalue weighted by atomic mass is 32.2. The molecule has 3 rings (SSSR count). The van der Waals surface area contributed by atoms with E-state index in [1.165, 1.54) is 12.1 Å². The standard InChI is InChI=1S/C16H13FO3S/c1-9(16(18)19)10-2-4-14-11(6-10)7-12-8-13(17)3-5-15(12)21(14)20/h2-6,8-9H,7H2,1H3,(H,18,19). The van der Waals surface area contributed by atoms with Crippen LogP contribution < -0.4 is 0 Å². The Bertz CT molecular complexity index is 729. The second-order valence-electron chi connectivity index (χ2n) is 5.12. The molecule has 0 fully saturated rings. The van der Waals surface area contributed by atoms with Crippen molar-refractivity contribution in [3.8, 4) is 0 Å². The molecular weight excluding hydrogens is 291 g/mol. The van der Waals surface area contributed by atoms with Crippen molar-refractivity contribution in [3.05, 3.63) is 58.9 Å². The first-order chi connectivity index (χ1) is 9.97. The van der Waals surface area contributed by atoms with Crippen molar-refractivity contribution in [2.75, 3.05) is 0 Å². The topological polar surface area (TPSA) is 60.4 Å². The summed E-state index contributed by atoms with van der Waals surface area (Å²) in [5.41, 5.74) is 2.16. The summed E-state index contributed by atoms with van der Waals surface area (Å²) in [5.74, 6) is -1.89. The third-order valence-electron chi connectivity index (χ3n) is 3.76. The monoisotopic (exact) mass is 304 g/mol. The third kappa shape index (κ3) is 2.43. The van der Waals surface area contributed by atoms with Gasteiger partial charge in [0, 0.05) is 28.7 Å². The fourth-order valence-corrected chi connectivity index (χ4v) is 3.88. The minimum absolute atomic E-state index is 0.357. The van der Waals surface area contributed by atoms with Crippen LogP contribution in [0.2, 0.25) is 0 Å². The highest BCUT2D eigenvalue weighted by molar-refractivity contribution is 7.91. The molecule has 1 aliphatic rings. The highest BCUT2D eigenvalue weighted by Gasteiger charge is 2.29. The number of fused-ring (bicyclic) bond motifs is 2. The third-order valence-corrected chi connectivity index (χ3v) is 5.35. The molecule has 0 saturated heterocycles. The number of hydrogen-bond acceptors (Lipinski definition) is 2. The molecule has 5 heteroatoms. The Morgan fingerprint density at radius 3 is 2.52 bits per heavy atom. The number of rotatable bonds is 2. The van der Waals surface area contributed by atoms with E-state index in [0.29, 0.717) is 27.3 Å². The number of carbonyl (C=O) groups is 1. The molecule has 2 aromatic carbocycles. The van der Waals surface area contributed by atoms with Crippen LogP contribution in [0.3, 0.4) is 0 Å². The van der Waals surface area contributed by atoms with Gasteiger partial charge in [0.15, 0.2) is 9.79 Å². The van der Waals surface area contributed by atoms with Gasteiger partial charge in [0.05, 0.1) is 5.92 Å². The van der Waals surface area contributed by atoms with Gasteiger partial charge >= 0.3 is 5.97 Å². The first kappa shape index (κ1) is 14.1. The number of aliphatic carboxylic acids is 1. The number of carboxylic acid groups (broad SMARTS) is 1. The van der Waals surface area contributed by atoms with E-state index in [1.807, 2.05) is 0 Å². The summed E-state index contributed by atoms with van der Waals surface area (Å²) in [6.07, 6.45) is 0.467. The van der Waals surface area contributed by atoms with Crippen LogP contribution in [0.25, 0.3) is 0 Å². The summed E-state index contributed by atoms with van der Waals surface area (Å²) < 4.78 is 25.8. The quantitative estimate of drug-likeness (QED) is 0.867. The molecule has 21 heavy (non-hydrogen) atoms. The van der Waals surface area contributed by atoms with Gasteiger partial charge in [0.2, 0.25) is 0 Å². The normalized spacial score (nSPS) is 17.8. The predicted octanol–water partition coefficient (Wildman–Crippen LogP) is 3.08. The summed E-state index contributed by atoms with van der Waals surface area (Å²) >= 11 is -1.34. The minimum Gasteiger partial charge on any atom is -0.606 e. The Labute approximate surface area is 124 Å². The van der Waals surface area contributed by atoms with Crippen molar-refractivity contribution in [2.45, 2.75) is 29.1 Å². The summed E-state index contributed by atoms with van der Waals surface area (Å²) in [7, 11) is 0. The average Bonchev–Trinajstić information content (AvgIpc) is 2.45. The number of halogens is 1. The largest absolute Gasteiger partial charge is 0.606 e. The van der Waals surface area contributed by atoms with Crippen molar-refractivity contribution in [1.29, 1.82) is 0 Å². The van der Waals surface area contributed by atoms with E-state index in [1.54, 1.807) is 31.2 Å². The Morgan fingerprint density at radius 1 is 1.24 bits per heavy atom. The lowest BCUT2D eigenvalue weighted by molar-refractivity contribution is -0.138. The Morgan fingerprint density at radius 2 is 1.86 bits per heavy atom. The van der Waals surface area contributed by atoms with Crippen molar-refractivity contribution in [2.24, 2.45) is 0 Å². The molecule has 2 unspecified atom stereocenters. The zero-order valence-electron chi connectivity index (χ0n) is 11.3. The van der Waals surface area contributed by atoms with E-state index in [2.05, 4.69) is 0 Å². The van der Waals surface area contributed by atoms with Crippen LogP contribution in [0, 0.1) is 5.82 Å². The molecule has 108 valence electrons. The fourth-order valence-electron chi connectivity index (χ4n) is 2.52. The Hall–Kier alpha value is -1.85. The molecule has 1 aliphatic heterocycles. The lowest BCUT2D eigenvalue weighted by Gasteiger charge is -2.22. The molecule has 0 aliphatic carbocycles. The Balaban J connectivity index is 2.06. The van der Waals surface area contributed by atoms with Gasteiger partial charge in [-0.3, -0.25) is 4.79 Å². The summed E-state index contributed by atoms with van der Waals surface area (Å²) in [4.78, 5) is 12.4. The van der Waals surface area contributed by atoms with E-state index in [4.69, 9.17) is 5.11 Å². The van der Waals surface area contributed by atoms with Crippen LogP contribution in [0.5, 0.6) is 0 Å². The number of benzene rings is 2. The van der Waals surface area contributed by atoms with Gasteiger partial charge in [0.25, 0.3) is 0 Å². The van der Waals surface area contributed by atoms with E-state index < -0.39 is 23.1 Å². The van der Waals surface area contributed by atoms with Gasteiger partial charge in [-0.15, -0.1) is 0 Å².